The van der Waals surface area contributed by atoms with Crippen molar-refractivity contribution in [3.8, 4) is 0 Å². The SMILES string of the molecule is COC(=O)c1cnc2c(ccn2CC(=O)O)n1. The Labute approximate surface area is 95.7 Å². The van der Waals surface area contributed by atoms with E-state index in [1.165, 1.54) is 17.9 Å². The predicted molar refractivity (Wildman–Crippen MR) is 56.5 cm³/mol. The number of ether oxygens (including phenoxy) is 1. The Balaban J connectivity index is 2.44. The van der Waals surface area contributed by atoms with E-state index in [-0.39, 0.29) is 12.2 Å². The highest BCUT2D eigenvalue weighted by Crippen LogP contribution is 2.11. The van der Waals surface area contributed by atoms with Gasteiger partial charge in [-0.3, -0.25) is 4.79 Å². The molecule has 2 rings (SSSR count). The van der Waals surface area contributed by atoms with E-state index >= 15 is 0 Å². The Morgan fingerprint density at radius 2 is 2.29 bits per heavy atom. The monoisotopic (exact) mass is 235 g/mol. The molecule has 7 nitrogen and oxygen atoms in total. The lowest BCUT2D eigenvalue weighted by Gasteiger charge is -2.01. The van der Waals surface area contributed by atoms with Crippen molar-refractivity contribution >= 4 is 23.1 Å². The van der Waals surface area contributed by atoms with Crippen LogP contribution in [0.15, 0.2) is 18.5 Å². The molecule has 2 aromatic heterocycles. The molecule has 0 aliphatic rings. The summed E-state index contributed by atoms with van der Waals surface area (Å²) in [6.45, 7) is -0.199. The zero-order chi connectivity index (χ0) is 12.4. The van der Waals surface area contributed by atoms with Crippen LogP contribution in [0.1, 0.15) is 10.5 Å². The van der Waals surface area contributed by atoms with Gasteiger partial charge in [-0.25, -0.2) is 14.8 Å². The molecule has 2 aromatic rings. The minimum atomic E-state index is -0.971. The minimum absolute atomic E-state index is 0.0908. The Morgan fingerprint density at radius 1 is 1.53 bits per heavy atom. The maximum Gasteiger partial charge on any atom is 0.358 e. The number of carboxylic acid groups (broad SMARTS) is 1. The first-order valence-corrected chi connectivity index (χ1v) is 4.74. The zero-order valence-corrected chi connectivity index (χ0v) is 8.95. The van der Waals surface area contributed by atoms with E-state index in [2.05, 4.69) is 14.7 Å². The van der Waals surface area contributed by atoms with Crippen molar-refractivity contribution in [3.63, 3.8) is 0 Å². The number of nitrogens with zero attached hydrogens (tertiary/aromatic N) is 3. The first kappa shape index (κ1) is 11.1. The van der Waals surface area contributed by atoms with Gasteiger partial charge in [0.05, 0.1) is 13.3 Å². The van der Waals surface area contributed by atoms with Crippen molar-refractivity contribution in [1.29, 1.82) is 0 Å². The molecule has 2 heterocycles. The van der Waals surface area contributed by atoms with Crippen LogP contribution >= 0.6 is 0 Å². The summed E-state index contributed by atoms with van der Waals surface area (Å²) in [5.74, 6) is -1.55. The summed E-state index contributed by atoms with van der Waals surface area (Å²) in [6.07, 6.45) is 2.81. The van der Waals surface area contributed by atoms with Crippen molar-refractivity contribution in [2.24, 2.45) is 0 Å². The molecule has 0 bridgehead atoms. The third-order valence-electron chi connectivity index (χ3n) is 2.16. The van der Waals surface area contributed by atoms with Crippen LogP contribution in [0.3, 0.4) is 0 Å². The van der Waals surface area contributed by atoms with Crippen molar-refractivity contribution in [2.75, 3.05) is 7.11 Å². The van der Waals surface area contributed by atoms with E-state index < -0.39 is 11.9 Å². The fourth-order valence-electron chi connectivity index (χ4n) is 1.44. The summed E-state index contributed by atoms with van der Waals surface area (Å²) in [5, 5.41) is 8.68. The molecule has 0 aliphatic heterocycles. The standard InChI is InChI=1S/C10H9N3O4/c1-17-10(16)7-4-11-9-6(12-7)2-3-13(9)5-8(14)15/h2-4H,5H2,1H3,(H,14,15). The molecule has 0 saturated carbocycles. The molecular formula is C10H9N3O4. The molecule has 0 radical (unpaired) electrons. The summed E-state index contributed by atoms with van der Waals surface area (Å²) in [4.78, 5) is 29.8. The number of rotatable bonds is 3. The Hall–Kier alpha value is -2.44. The van der Waals surface area contributed by atoms with Crippen LogP contribution in [0, 0.1) is 0 Å². The van der Waals surface area contributed by atoms with Crippen LogP contribution in [0.5, 0.6) is 0 Å². The maximum absolute atomic E-state index is 11.2. The normalized spacial score (nSPS) is 10.4. The van der Waals surface area contributed by atoms with Crippen molar-refractivity contribution in [1.82, 2.24) is 14.5 Å². The van der Waals surface area contributed by atoms with Crippen LogP contribution in [0.4, 0.5) is 0 Å². The van der Waals surface area contributed by atoms with Gasteiger partial charge in [-0.15, -0.1) is 0 Å². The number of esters is 1. The number of fused-ring (bicyclic) bond motifs is 1. The van der Waals surface area contributed by atoms with Gasteiger partial charge in [-0.2, -0.15) is 0 Å². The van der Waals surface area contributed by atoms with Gasteiger partial charge in [0, 0.05) is 6.20 Å². The van der Waals surface area contributed by atoms with Gasteiger partial charge >= 0.3 is 11.9 Å². The van der Waals surface area contributed by atoms with Crippen molar-refractivity contribution < 1.29 is 19.4 Å². The summed E-state index contributed by atoms with van der Waals surface area (Å²) >= 11 is 0. The first-order chi connectivity index (χ1) is 8.11. The number of methoxy groups -OCH3 is 1. The number of hydrogen-bond donors (Lipinski definition) is 1. The van der Waals surface area contributed by atoms with Gasteiger partial charge in [0.1, 0.15) is 12.1 Å². The van der Waals surface area contributed by atoms with Gasteiger partial charge in [-0.1, -0.05) is 0 Å². The number of aromatic nitrogens is 3. The third kappa shape index (κ3) is 2.07. The van der Waals surface area contributed by atoms with E-state index in [1.807, 2.05) is 0 Å². The van der Waals surface area contributed by atoms with Crippen LogP contribution in [0.25, 0.3) is 11.2 Å². The predicted octanol–water partition coefficient (Wildman–Crippen LogP) is 0.302. The molecule has 17 heavy (non-hydrogen) atoms. The van der Waals surface area contributed by atoms with Crippen LogP contribution in [-0.2, 0) is 16.1 Å². The second kappa shape index (κ2) is 4.20. The zero-order valence-electron chi connectivity index (χ0n) is 8.95. The molecule has 88 valence electrons. The van der Waals surface area contributed by atoms with Crippen LogP contribution < -0.4 is 0 Å². The average Bonchev–Trinajstić information content (AvgIpc) is 2.70. The first-order valence-electron chi connectivity index (χ1n) is 4.74. The van der Waals surface area contributed by atoms with Gasteiger partial charge < -0.3 is 14.4 Å². The lowest BCUT2D eigenvalue weighted by Crippen LogP contribution is -2.09. The lowest BCUT2D eigenvalue weighted by atomic mass is 10.4. The second-order valence-electron chi connectivity index (χ2n) is 3.29. The van der Waals surface area contributed by atoms with E-state index in [1.54, 1.807) is 12.3 Å². The Kier molecular flexibility index (Phi) is 2.73. The molecular weight excluding hydrogens is 226 g/mol. The summed E-state index contributed by atoms with van der Waals surface area (Å²) < 4.78 is 5.95. The smallest absolute Gasteiger partial charge is 0.358 e. The van der Waals surface area contributed by atoms with Crippen LogP contribution in [-0.4, -0.2) is 38.7 Å². The number of carbonyl (C=O) groups is 2. The molecule has 0 atom stereocenters. The molecule has 0 aromatic carbocycles. The molecule has 0 aliphatic carbocycles. The number of carbonyl (C=O) groups excluding carboxylic acids is 1. The van der Waals surface area contributed by atoms with E-state index in [0.717, 1.165) is 0 Å². The van der Waals surface area contributed by atoms with Gasteiger partial charge in [-0.05, 0) is 6.07 Å². The fraction of sp³-hybridized carbons (Fsp3) is 0.200. The van der Waals surface area contributed by atoms with Crippen LogP contribution in [0.2, 0.25) is 0 Å². The van der Waals surface area contributed by atoms with E-state index in [0.29, 0.717) is 11.2 Å². The summed E-state index contributed by atoms with van der Waals surface area (Å²) in [7, 11) is 1.25. The number of aliphatic carboxylic acids is 1. The lowest BCUT2D eigenvalue weighted by molar-refractivity contribution is -0.137. The second-order valence-corrected chi connectivity index (χ2v) is 3.29. The fourth-order valence-corrected chi connectivity index (χ4v) is 1.44. The highest BCUT2D eigenvalue weighted by molar-refractivity contribution is 5.89. The van der Waals surface area contributed by atoms with Gasteiger partial charge in [0.25, 0.3) is 0 Å². The molecule has 0 saturated heterocycles. The summed E-state index contributed by atoms with van der Waals surface area (Å²) in [5.41, 5.74) is 0.960. The molecule has 1 N–H and O–H groups in total. The largest absolute Gasteiger partial charge is 0.480 e. The van der Waals surface area contributed by atoms with Gasteiger partial charge in [0.15, 0.2) is 11.3 Å². The number of hydrogen-bond acceptors (Lipinski definition) is 5. The molecule has 7 heteroatoms. The number of carboxylic acids is 1. The maximum atomic E-state index is 11.2. The Bertz CT molecular complexity index is 590. The van der Waals surface area contributed by atoms with Crippen molar-refractivity contribution in [2.45, 2.75) is 6.54 Å². The average molecular weight is 235 g/mol. The van der Waals surface area contributed by atoms with Crippen molar-refractivity contribution in [3.05, 3.63) is 24.2 Å². The molecule has 0 fully saturated rings. The molecule has 0 amide bonds. The third-order valence-corrected chi connectivity index (χ3v) is 2.16. The van der Waals surface area contributed by atoms with Gasteiger partial charge in [0.2, 0.25) is 0 Å². The highest BCUT2D eigenvalue weighted by atomic mass is 16.5. The Morgan fingerprint density at radius 3 is 2.94 bits per heavy atom. The minimum Gasteiger partial charge on any atom is -0.480 e. The highest BCUT2D eigenvalue weighted by Gasteiger charge is 2.12. The molecule has 0 unspecified atom stereocenters. The van der Waals surface area contributed by atoms with E-state index in [4.69, 9.17) is 5.11 Å². The summed E-state index contributed by atoms with van der Waals surface area (Å²) in [6, 6.07) is 1.59. The quantitative estimate of drug-likeness (QED) is 0.769. The molecule has 0 spiro atoms. The van der Waals surface area contributed by atoms with E-state index in [9.17, 15) is 9.59 Å². The topological polar surface area (TPSA) is 94.3 Å².